The number of nitrogens with zero attached hydrogens (tertiary/aromatic N) is 2. The van der Waals surface area contributed by atoms with Crippen LogP contribution in [0.1, 0.15) is 80.9 Å². The monoisotopic (exact) mass is 802 g/mol. The normalized spacial score (nSPS) is 21.6. The fourth-order valence-electron chi connectivity index (χ4n) is 5.82. The molecule has 0 spiro atoms. The van der Waals surface area contributed by atoms with Crippen molar-refractivity contribution in [2.24, 2.45) is 11.5 Å². The van der Waals surface area contributed by atoms with Crippen LogP contribution in [-0.4, -0.2) is 68.4 Å². The Hall–Kier alpha value is -2.38. The summed E-state index contributed by atoms with van der Waals surface area (Å²) in [6, 6.07) is 17.7. The summed E-state index contributed by atoms with van der Waals surface area (Å²) in [5.74, 6) is 2.41. The van der Waals surface area contributed by atoms with Gasteiger partial charge in [0, 0.05) is 53.7 Å². The number of nitrogens with one attached hydrogen (secondary N) is 2. The predicted molar refractivity (Wildman–Crippen MR) is 209 cm³/mol. The number of ether oxygens (including phenoxy) is 4. The quantitative estimate of drug-likeness (QED) is 0.144. The van der Waals surface area contributed by atoms with Gasteiger partial charge in [0.05, 0.1) is 18.5 Å². The van der Waals surface area contributed by atoms with Crippen LogP contribution in [0.25, 0.3) is 5.69 Å². The number of hydrogen-bond acceptors (Lipinski definition) is 9. The molecule has 3 aliphatic rings. The topological polar surface area (TPSA) is 131 Å². The van der Waals surface area contributed by atoms with E-state index in [9.17, 15) is 0 Å². The van der Waals surface area contributed by atoms with Crippen LogP contribution >= 0.6 is 22.6 Å². The molecule has 10 nitrogen and oxygen atoms in total. The zero-order chi connectivity index (χ0) is 35.8. The first-order valence-corrected chi connectivity index (χ1v) is 19.1. The maximum atomic E-state index is 5.76. The van der Waals surface area contributed by atoms with Gasteiger partial charge in [-0.15, -0.1) is 6.42 Å². The van der Waals surface area contributed by atoms with Crippen molar-refractivity contribution >= 4 is 22.6 Å². The van der Waals surface area contributed by atoms with Crippen molar-refractivity contribution in [1.82, 2.24) is 20.4 Å². The van der Waals surface area contributed by atoms with Crippen LogP contribution in [0.2, 0.25) is 0 Å². The first-order chi connectivity index (χ1) is 24.5. The third-order valence-corrected chi connectivity index (χ3v) is 9.51. The summed E-state index contributed by atoms with van der Waals surface area (Å²) in [5, 5.41) is 11.1. The molecule has 1 aromatic heterocycles. The first kappa shape index (κ1) is 42.0. The van der Waals surface area contributed by atoms with E-state index < -0.39 is 0 Å². The Morgan fingerprint density at radius 2 is 1.30 bits per heavy atom. The second-order valence-electron chi connectivity index (χ2n) is 12.5. The second kappa shape index (κ2) is 25.6. The SMILES string of the molecule is C#CCOC1CCCCO1.CN[C@H]1CCCC[C@@H]1NC.NCc1ccc(-n2cc(COC3CCCCO3)cn2)cc1.NCc1ccc(I)cc1. The second-order valence-corrected chi connectivity index (χ2v) is 13.7. The highest BCUT2D eigenvalue weighted by Gasteiger charge is 2.21. The molecule has 2 aromatic carbocycles. The molecule has 50 heavy (non-hydrogen) atoms. The van der Waals surface area contributed by atoms with E-state index in [0.29, 0.717) is 38.4 Å². The van der Waals surface area contributed by atoms with Crippen LogP contribution in [0.15, 0.2) is 60.9 Å². The minimum Gasteiger partial charge on any atom is -0.353 e. The number of hydrogen-bond donors (Lipinski definition) is 4. The molecule has 0 bridgehead atoms. The molecule has 0 amide bonds. The Kier molecular flexibility index (Phi) is 21.5. The molecule has 2 unspecified atom stereocenters. The Balaban J connectivity index is 0.000000197. The van der Waals surface area contributed by atoms with Gasteiger partial charge in [-0.1, -0.05) is 43.0 Å². The van der Waals surface area contributed by atoms with Crippen LogP contribution in [-0.2, 0) is 38.6 Å². The van der Waals surface area contributed by atoms with E-state index in [-0.39, 0.29) is 12.6 Å². The number of aromatic nitrogens is 2. The average molecular weight is 803 g/mol. The number of halogens is 1. The van der Waals surface area contributed by atoms with E-state index in [4.69, 9.17) is 36.8 Å². The van der Waals surface area contributed by atoms with Gasteiger partial charge in [-0.25, -0.2) is 4.68 Å². The standard InChI is InChI=1S/C16H21N3O2.C8H18N2.C8H12O2.C7H8IN/c17-9-13-4-6-15(7-5-13)19-11-14(10-18-19)12-21-16-3-1-2-8-20-16;1-9-7-5-3-4-6-8(7)10-2;1-2-6-9-8-5-3-4-7-10-8;8-7-3-1-6(5-9)2-4-7/h4-7,10-11,16H,1-3,8-9,12,17H2;7-10H,3-6H2,1-2H3;1,8H,3-7H2;1-4H,5,9H2/t;7-,8-;;/m.0../s1. The predicted octanol–water partition coefficient (Wildman–Crippen LogP) is 6.02. The van der Waals surface area contributed by atoms with E-state index in [0.717, 1.165) is 55.7 Å². The highest BCUT2D eigenvalue weighted by molar-refractivity contribution is 14.1. The fraction of sp³-hybridized carbons (Fsp3) is 0.564. The van der Waals surface area contributed by atoms with Gasteiger partial charge in [0.15, 0.2) is 12.6 Å². The molecule has 6 N–H and O–H groups in total. The highest BCUT2D eigenvalue weighted by Crippen LogP contribution is 2.18. The van der Waals surface area contributed by atoms with Crippen molar-refractivity contribution in [3.63, 3.8) is 0 Å². The molecule has 2 saturated heterocycles. The van der Waals surface area contributed by atoms with E-state index in [2.05, 4.69) is 70.5 Å². The minimum absolute atomic E-state index is 0.0372. The lowest BCUT2D eigenvalue weighted by Crippen LogP contribution is -2.47. The lowest BCUT2D eigenvalue weighted by Gasteiger charge is -2.30. The maximum Gasteiger partial charge on any atom is 0.158 e. The molecule has 4 atom stereocenters. The third kappa shape index (κ3) is 16.3. The molecule has 276 valence electrons. The van der Waals surface area contributed by atoms with Crippen molar-refractivity contribution < 1.29 is 18.9 Å². The maximum absolute atomic E-state index is 5.76. The highest BCUT2D eigenvalue weighted by atomic mass is 127. The van der Waals surface area contributed by atoms with Gasteiger partial charge in [-0.05, 0) is 123 Å². The number of likely N-dealkylation sites (N-methyl/N-ethyl adjacent to an activating group) is 2. The average Bonchev–Trinajstić information content (AvgIpc) is 3.67. The molecule has 3 heterocycles. The Labute approximate surface area is 313 Å². The van der Waals surface area contributed by atoms with Gasteiger partial charge in [0.1, 0.15) is 6.61 Å². The van der Waals surface area contributed by atoms with E-state index in [1.807, 2.05) is 53.5 Å². The van der Waals surface area contributed by atoms with Crippen molar-refractivity contribution in [1.29, 1.82) is 0 Å². The summed E-state index contributed by atoms with van der Waals surface area (Å²) >= 11 is 2.27. The molecular weight excluding hydrogens is 743 g/mol. The summed E-state index contributed by atoms with van der Waals surface area (Å²) in [6.07, 6.45) is 20.8. The molecule has 1 aliphatic carbocycles. The van der Waals surface area contributed by atoms with Crippen molar-refractivity contribution in [3.8, 4) is 18.0 Å². The summed E-state index contributed by atoms with van der Waals surface area (Å²) in [4.78, 5) is 0. The molecule has 3 fully saturated rings. The van der Waals surface area contributed by atoms with E-state index >= 15 is 0 Å². The molecular formula is C39H59IN6O4. The third-order valence-electron chi connectivity index (χ3n) is 8.79. The van der Waals surface area contributed by atoms with Crippen LogP contribution < -0.4 is 22.1 Å². The van der Waals surface area contributed by atoms with Crippen LogP contribution in [0, 0.1) is 15.9 Å². The lowest BCUT2D eigenvalue weighted by molar-refractivity contribution is -0.168. The fourth-order valence-corrected chi connectivity index (χ4v) is 6.18. The van der Waals surface area contributed by atoms with E-state index in [1.165, 1.54) is 47.7 Å². The number of benzene rings is 2. The van der Waals surface area contributed by atoms with Crippen molar-refractivity contribution in [2.75, 3.05) is 33.9 Å². The zero-order valence-corrected chi connectivity index (χ0v) is 32.2. The van der Waals surface area contributed by atoms with Gasteiger partial charge in [-0.2, -0.15) is 5.10 Å². The summed E-state index contributed by atoms with van der Waals surface area (Å²) in [5.41, 5.74) is 15.4. The van der Waals surface area contributed by atoms with Gasteiger partial charge in [0.2, 0.25) is 0 Å². The first-order valence-electron chi connectivity index (χ1n) is 18.0. The lowest BCUT2D eigenvalue weighted by atomic mass is 9.91. The smallest absolute Gasteiger partial charge is 0.158 e. The van der Waals surface area contributed by atoms with Crippen molar-refractivity contribution in [3.05, 3.63) is 81.2 Å². The molecule has 2 aliphatic heterocycles. The van der Waals surface area contributed by atoms with Gasteiger partial charge in [-0.3, -0.25) is 0 Å². The largest absolute Gasteiger partial charge is 0.353 e. The Bertz CT molecular complexity index is 1310. The van der Waals surface area contributed by atoms with Crippen LogP contribution in [0.4, 0.5) is 0 Å². The number of nitrogens with two attached hydrogens (primary N) is 2. The van der Waals surface area contributed by atoms with Crippen molar-refractivity contribution in [2.45, 2.75) is 109 Å². The van der Waals surface area contributed by atoms with Crippen LogP contribution in [0.3, 0.4) is 0 Å². The summed E-state index contributed by atoms with van der Waals surface area (Å²) in [7, 11) is 4.11. The molecule has 1 saturated carbocycles. The van der Waals surface area contributed by atoms with Gasteiger partial charge in [0.25, 0.3) is 0 Å². The van der Waals surface area contributed by atoms with E-state index in [1.54, 1.807) is 0 Å². The zero-order valence-electron chi connectivity index (χ0n) is 30.0. The Morgan fingerprint density at radius 3 is 1.78 bits per heavy atom. The van der Waals surface area contributed by atoms with Gasteiger partial charge < -0.3 is 41.0 Å². The molecule has 3 aromatic rings. The summed E-state index contributed by atoms with van der Waals surface area (Å²) < 4.78 is 24.9. The molecule has 0 radical (unpaired) electrons. The minimum atomic E-state index is -0.0639. The van der Waals surface area contributed by atoms with Gasteiger partial charge >= 0.3 is 0 Å². The summed E-state index contributed by atoms with van der Waals surface area (Å²) in [6.45, 7) is 3.71. The Morgan fingerprint density at radius 1 is 0.780 bits per heavy atom. The number of rotatable bonds is 10. The van der Waals surface area contributed by atoms with Crippen LogP contribution in [0.5, 0.6) is 0 Å². The molecule has 11 heteroatoms. The number of terminal acetylenes is 1. The molecule has 6 rings (SSSR count).